The molecule has 3 rings (SSSR count). The number of piperidine rings is 1. The van der Waals surface area contributed by atoms with E-state index in [9.17, 15) is 4.79 Å². The van der Waals surface area contributed by atoms with Gasteiger partial charge in [-0.25, -0.2) is 4.68 Å². The van der Waals surface area contributed by atoms with Crippen molar-refractivity contribution in [1.29, 1.82) is 0 Å². The van der Waals surface area contributed by atoms with Crippen molar-refractivity contribution in [3.05, 3.63) is 64.6 Å². The Labute approximate surface area is 130 Å². The lowest BCUT2D eigenvalue weighted by molar-refractivity contribution is 0.572. The molecular formula is C18H21N3O. The summed E-state index contributed by atoms with van der Waals surface area (Å²) in [4.78, 5) is 14.4. The van der Waals surface area contributed by atoms with Crippen LogP contribution in [0.4, 0.5) is 5.69 Å². The third-order valence-corrected chi connectivity index (χ3v) is 3.96. The van der Waals surface area contributed by atoms with Crippen molar-refractivity contribution < 1.29 is 0 Å². The molecule has 2 heterocycles. The highest BCUT2D eigenvalue weighted by Gasteiger charge is 2.12. The van der Waals surface area contributed by atoms with Gasteiger partial charge in [-0.15, -0.1) is 0 Å². The molecule has 114 valence electrons. The van der Waals surface area contributed by atoms with Gasteiger partial charge in [0.1, 0.15) is 0 Å². The Morgan fingerprint density at radius 2 is 1.86 bits per heavy atom. The number of rotatable bonds is 4. The van der Waals surface area contributed by atoms with E-state index in [1.807, 2.05) is 48.7 Å². The summed E-state index contributed by atoms with van der Waals surface area (Å²) in [7, 11) is 0. The summed E-state index contributed by atoms with van der Waals surface area (Å²) in [6.45, 7) is 2.55. The minimum absolute atomic E-state index is 0.0409. The smallest absolute Gasteiger partial charge is 0.269 e. The topological polar surface area (TPSA) is 38.1 Å². The molecule has 1 fully saturated rings. The van der Waals surface area contributed by atoms with Gasteiger partial charge in [0.15, 0.2) is 0 Å². The summed E-state index contributed by atoms with van der Waals surface area (Å²) in [5.74, 6) is 0. The van der Waals surface area contributed by atoms with Crippen LogP contribution >= 0.6 is 0 Å². The van der Waals surface area contributed by atoms with Crippen LogP contribution in [0.2, 0.25) is 0 Å². The van der Waals surface area contributed by atoms with Crippen molar-refractivity contribution in [2.24, 2.45) is 0 Å². The third kappa shape index (κ3) is 3.64. The number of hydrogen-bond donors (Lipinski definition) is 0. The fourth-order valence-electron chi connectivity index (χ4n) is 2.74. The Balaban J connectivity index is 1.67. The van der Waals surface area contributed by atoms with Crippen LogP contribution in [0.15, 0.2) is 53.5 Å². The van der Waals surface area contributed by atoms with E-state index in [2.05, 4.69) is 10.00 Å². The van der Waals surface area contributed by atoms with Gasteiger partial charge in [-0.3, -0.25) is 4.79 Å². The zero-order chi connectivity index (χ0) is 15.2. The highest BCUT2D eigenvalue weighted by Crippen LogP contribution is 2.16. The van der Waals surface area contributed by atoms with Gasteiger partial charge in [0.05, 0.1) is 18.4 Å². The van der Waals surface area contributed by atoms with E-state index >= 15 is 0 Å². The molecule has 0 radical (unpaired) electrons. The Morgan fingerprint density at radius 1 is 1.09 bits per heavy atom. The number of aromatic nitrogens is 2. The van der Waals surface area contributed by atoms with Crippen LogP contribution in [-0.2, 0) is 6.54 Å². The predicted octanol–water partition coefficient (Wildman–Crippen LogP) is 2.95. The maximum Gasteiger partial charge on any atom is 0.269 e. The molecule has 1 aliphatic heterocycles. The molecular weight excluding hydrogens is 274 g/mol. The van der Waals surface area contributed by atoms with E-state index in [-0.39, 0.29) is 5.56 Å². The van der Waals surface area contributed by atoms with Gasteiger partial charge >= 0.3 is 0 Å². The lowest BCUT2D eigenvalue weighted by atomic mass is 10.1. The monoisotopic (exact) mass is 295 g/mol. The van der Waals surface area contributed by atoms with Gasteiger partial charge in [0, 0.05) is 19.2 Å². The summed E-state index contributed by atoms with van der Waals surface area (Å²) >= 11 is 0. The average Bonchev–Trinajstić information content (AvgIpc) is 2.58. The van der Waals surface area contributed by atoms with E-state index in [1.54, 1.807) is 6.07 Å². The molecule has 1 aromatic carbocycles. The Morgan fingerprint density at radius 3 is 2.59 bits per heavy atom. The van der Waals surface area contributed by atoms with Crippen LogP contribution < -0.4 is 10.5 Å². The SMILES string of the molecule is O=c1cc(N2CCCCC2)cnn1CC=Cc1ccccc1. The molecule has 1 saturated heterocycles. The first-order valence-electron chi connectivity index (χ1n) is 7.87. The average molecular weight is 295 g/mol. The van der Waals surface area contributed by atoms with E-state index in [4.69, 9.17) is 0 Å². The first-order valence-corrected chi connectivity index (χ1v) is 7.87. The summed E-state index contributed by atoms with van der Waals surface area (Å²) in [5, 5.41) is 4.30. The maximum atomic E-state index is 12.2. The zero-order valence-corrected chi connectivity index (χ0v) is 12.7. The van der Waals surface area contributed by atoms with Gasteiger partial charge in [-0.1, -0.05) is 42.5 Å². The third-order valence-electron chi connectivity index (χ3n) is 3.96. The normalized spacial score (nSPS) is 15.4. The number of nitrogens with zero attached hydrogens (tertiary/aromatic N) is 3. The number of anilines is 1. The molecule has 0 saturated carbocycles. The molecule has 1 aromatic heterocycles. The second-order valence-electron chi connectivity index (χ2n) is 5.59. The number of hydrogen-bond acceptors (Lipinski definition) is 3. The Kier molecular flexibility index (Phi) is 4.68. The molecule has 4 heteroatoms. The first-order chi connectivity index (χ1) is 10.8. The number of benzene rings is 1. The molecule has 0 aliphatic carbocycles. The molecule has 0 atom stereocenters. The molecule has 0 N–H and O–H groups in total. The highest BCUT2D eigenvalue weighted by atomic mass is 16.1. The highest BCUT2D eigenvalue weighted by molar-refractivity contribution is 5.48. The molecule has 0 unspecified atom stereocenters. The first kappa shape index (κ1) is 14.6. The van der Waals surface area contributed by atoms with Crippen molar-refractivity contribution in [3.8, 4) is 0 Å². The van der Waals surface area contributed by atoms with Crippen molar-refractivity contribution in [2.45, 2.75) is 25.8 Å². The molecule has 0 bridgehead atoms. The Hall–Kier alpha value is -2.36. The van der Waals surface area contributed by atoms with Crippen LogP contribution in [-0.4, -0.2) is 22.9 Å². The van der Waals surface area contributed by atoms with Crippen LogP contribution in [0, 0.1) is 0 Å². The van der Waals surface area contributed by atoms with Gasteiger partial charge in [-0.2, -0.15) is 5.10 Å². The summed E-state index contributed by atoms with van der Waals surface area (Å²) in [6.07, 6.45) is 9.46. The van der Waals surface area contributed by atoms with Crippen molar-refractivity contribution in [2.75, 3.05) is 18.0 Å². The summed E-state index contributed by atoms with van der Waals surface area (Å²) in [5.41, 5.74) is 2.04. The van der Waals surface area contributed by atoms with Gasteiger partial charge in [0.25, 0.3) is 5.56 Å². The molecule has 4 nitrogen and oxygen atoms in total. The largest absolute Gasteiger partial charge is 0.370 e. The second-order valence-corrected chi connectivity index (χ2v) is 5.59. The van der Waals surface area contributed by atoms with Crippen molar-refractivity contribution in [1.82, 2.24) is 9.78 Å². The Bertz CT molecular complexity index is 685. The van der Waals surface area contributed by atoms with E-state index in [0.29, 0.717) is 6.54 Å². The minimum atomic E-state index is -0.0409. The van der Waals surface area contributed by atoms with E-state index in [1.165, 1.54) is 23.9 Å². The molecule has 22 heavy (non-hydrogen) atoms. The van der Waals surface area contributed by atoms with Gasteiger partial charge in [0.2, 0.25) is 0 Å². The lowest BCUT2D eigenvalue weighted by Crippen LogP contribution is -2.32. The van der Waals surface area contributed by atoms with Crippen molar-refractivity contribution >= 4 is 11.8 Å². The van der Waals surface area contributed by atoms with Gasteiger partial charge < -0.3 is 4.90 Å². The molecule has 2 aromatic rings. The zero-order valence-electron chi connectivity index (χ0n) is 12.7. The van der Waals surface area contributed by atoms with Crippen molar-refractivity contribution in [3.63, 3.8) is 0 Å². The lowest BCUT2D eigenvalue weighted by Gasteiger charge is -2.28. The predicted molar refractivity (Wildman–Crippen MR) is 90.0 cm³/mol. The van der Waals surface area contributed by atoms with E-state index < -0.39 is 0 Å². The second kappa shape index (κ2) is 7.07. The summed E-state index contributed by atoms with van der Waals surface area (Å²) < 4.78 is 1.49. The van der Waals surface area contributed by atoms with E-state index in [0.717, 1.165) is 24.3 Å². The molecule has 0 spiro atoms. The number of allylic oxidation sites excluding steroid dienone is 1. The van der Waals surface area contributed by atoms with Crippen LogP contribution in [0.25, 0.3) is 6.08 Å². The van der Waals surface area contributed by atoms with Gasteiger partial charge in [-0.05, 0) is 24.8 Å². The summed E-state index contributed by atoms with van der Waals surface area (Å²) in [6, 6.07) is 11.8. The minimum Gasteiger partial charge on any atom is -0.370 e. The fourth-order valence-corrected chi connectivity index (χ4v) is 2.74. The van der Waals surface area contributed by atoms with Crippen LogP contribution in [0.1, 0.15) is 24.8 Å². The molecule has 1 aliphatic rings. The van der Waals surface area contributed by atoms with Crippen LogP contribution in [0.3, 0.4) is 0 Å². The van der Waals surface area contributed by atoms with Crippen LogP contribution in [0.5, 0.6) is 0 Å². The quantitative estimate of drug-likeness (QED) is 0.870. The fraction of sp³-hybridized carbons (Fsp3) is 0.333. The molecule has 0 amide bonds. The standard InChI is InChI=1S/C18H21N3O/c22-18-14-17(20-11-5-2-6-12-20)15-19-21(18)13-7-10-16-8-3-1-4-9-16/h1,3-4,7-10,14-15H,2,5-6,11-13H2. The maximum absolute atomic E-state index is 12.2.